The average molecular weight is 492 g/mol. The second-order valence-corrected chi connectivity index (χ2v) is 10.6. The lowest BCUT2D eigenvalue weighted by atomic mass is 9.88. The molecule has 3 unspecified atom stereocenters. The molecule has 0 spiro atoms. The number of rotatable bonds is 10. The Hall–Kier alpha value is -2.22. The summed E-state index contributed by atoms with van der Waals surface area (Å²) in [6, 6.07) is 5.92. The number of hydrogen-bond donors (Lipinski definition) is 3. The molecule has 7 nitrogen and oxygen atoms in total. The van der Waals surface area contributed by atoms with Gasteiger partial charge in [-0.1, -0.05) is 43.2 Å². The molecule has 0 radical (unpaired) electrons. The summed E-state index contributed by atoms with van der Waals surface area (Å²) in [6.45, 7) is 11.3. The topological polar surface area (TPSA) is 87.7 Å². The van der Waals surface area contributed by atoms with Crippen LogP contribution in [0.25, 0.3) is 0 Å². The van der Waals surface area contributed by atoms with E-state index in [-0.39, 0.29) is 29.7 Å². The van der Waals surface area contributed by atoms with Gasteiger partial charge in [0.15, 0.2) is 0 Å². The molecule has 0 heterocycles. The zero-order valence-corrected chi connectivity index (χ0v) is 22.3. The van der Waals surface area contributed by atoms with Gasteiger partial charge in [-0.15, -0.1) is 0 Å². The number of nitrogens with zero attached hydrogens (tertiary/aromatic N) is 1. The number of hydrogen-bond acceptors (Lipinski definition) is 5. The van der Waals surface area contributed by atoms with Crippen LogP contribution in [0.1, 0.15) is 83.9 Å². The van der Waals surface area contributed by atoms with E-state index in [1.807, 2.05) is 38.1 Å². The molecule has 190 valence electrons. The summed E-state index contributed by atoms with van der Waals surface area (Å²) in [7, 11) is 0. The lowest BCUT2D eigenvalue weighted by Gasteiger charge is -2.43. The number of benzene rings is 1. The fraction of sp³-hybridized carbons (Fsp3) is 0.654. The number of nitrogens with one attached hydrogen (secondary N) is 2. The molecule has 1 aromatic rings. The van der Waals surface area contributed by atoms with E-state index < -0.39 is 23.8 Å². The first-order valence-corrected chi connectivity index (χ1v) is 12.9. The van der Waals surface area contributed by atoms with Crippen LogP contribution in [0.3, 0.4) is 0 Å². The molecule has 0 aromatic heterocycles. The molecule has 0 aliphatic heterocycles. The van der Waals surface area contributed by atoms with Crippen molar-refractivity contribution in [2.75, 3.05) is 5.75 Å². The number of aryl methyl sites for hydroxylation is 1. The zero-order valence-electron chi connectivity index (χ0n) is 21.4. The quantitative estimate of drug-likeness (QED) is 0.419. The lowest BCUT2D eigenvalue weighted by Crippen LogP contribution is -2.58. The molecule has 2 rings (SSSR count). The van der Waals surface area contributed by atoms with Gasteiger partial charge in [0.05, 0.1) is 0 Å². The molecule has 1 aliphatic rings. The highest BCUT2D eigenvalue weighted by Gasteiger charge is 2.41. The Morgan fingerprint density at radius 2 is 1.76 bits per heavy atom. The summed E-state index contributed by atoms with van der Waals surface area (Å²) in [6.07, 6.45) is 3.75. The van der Waals surface area contributed by atoms with Gasteiger partial charge < -0.3 is 20.3 Å². The van der Waals surface area contributed by atoms with E-state index in [0.29, 0.717) is 0 Å². The predicted molar refractivity (Wildman–Crippen MR) is 138 cm³/mol. The van der Waals surface area contributed by atoms with Crippen molar-refractivity contribution in [3.63, 3.8) is 0 Å². The molecule has 1 saturated carbocycles. The Bertz CT molecular complexity index is 833. The number of amides is 3. The summed E-state index contributed by atoms with van der Waals surface area (Å²) in [5, 5.41) is 5.76. The molecule has 3 amide bonds. The van der Waals surface area contributed by atoms with Crippen molar-refractivity contribution in [2.24, 2.45) is 0 Å². The highest BCUT2D eigenvalue weighted by Crippen LogP contribution is 2.34. The third-order valence-electron chi connectivity index (χ3n) is 5.92. The van der Waals surface area contributed by atoms with Gasteiger partial charge in [0.25, 0.3) is 0 Å². The maximum Gasteiger partial charge on any atom is 0.408 e. The zero-order chi connectivity index (χ0) is 25.5. The van der Waals surface area contributed by atoms with Gasteiger partial charge in [0, 0.05) is 17.8 Å². The van der Waals surface area contributed by atoms with Crippen LogP contribution in [-0.2, 0) is 14.3 Å². The first-order chi connectivity index (χ1) is 16.0. The first-order valence-electron chi connectivity index (χ1n) is 12.3. The van der Waals surface area contributed by atoms with Crippen LogP contribution < -0.4 is 10.6 Å². The van der Waals surface area contributed by atoms with Crippen LogP contribution in [0.5, 0.6) is 0 Å². The van der Waals surface area contributed by atoms with E-state index in [2.05, 4.69) is 30.2 Å². The Labute approximate surface area is 209 Å². The minimum atomic E-state index is -0.910. The van der Waals surface area contributed by atoms with Crippen molar-refractivity contribution >= 4 is 30.5 Å². The largest absolute Gasteiger partial charge is 0.444 e. The molecule has 0 bridgehead atoms. The molecule has 1 fully saturated rings. The number of ether oxygens (including phenoxy) is 1. The van der Waals surface area contributed by atoms with E-state index >= 15 is 0 Å². The second kappa shape index (κ2) is 12.5. The van der Waals surface area contributed by atoms with E-state index in [9.17, 15) is 14.4 Å². The van der Waals surface area contributed by atoms with Crippen LogP contribution in [-0.4, -0.2) is 52.3 Å². The van der Waals surface area contributed by atoms with Crippen molar-refractivity contribution in [2.45, 2.75) is 103 Å². The number of carbonyl (C=O) groups excluding carboxylic acids is 3. The van der Waals surface area contributed by atoms with Crippen LogP contribution in [0.2, 0.25) is 0 Å². The van der Waals surface area contributed by atoms with Gasteiger partial charge >= 0.3 is 6.09 Å². The van der Waals surface area contributed by atoms with Crippen molar-refractivity contribution in [1.82, 2.24) is 15.5 Å². The molecule has 2 N–H and O–H groups in total. The Balaban J connectivity index is 2.40. The number of alkyl carbamates (subject to hydrolysis) is 1. The van der Waals surface area contributed by atoms with Crippen LogP contribution in [0.15, 0.2) is 24.3 Å². The molecule has 1 aromatic carbocycles. The highest BCUT2D eigenvalue weighted by molar-refractivity contribution is 7.80. The number of thiol groups is 1. The van der Waals surface area contributed by atoms with Crippen molar-refractivity contribution in [1.29, 1.82) is 0 Å². The van der Waals surface area contributed by atoms with Crippen molar-refractivity contribution < 1.29 is 19.1 Å². The molecule has 8 heteroatoms. The minimum absolute atomic E-state index is 0.00986. The smallest absolute Gasteiger partial charge is 0.408 e. The van der Waals surface area contributed by atoms with E-state index in [1.165, 1.54) is 0 Å². The summed E-state index contributed by atoms with van der Waals surface area (Å²) in [4.78, 5) is 41.5. The monoisotopic (exact) mass is 491 g/mol. The van der Waals surface area contributed by atoms with Gasteiger partial charge in [-0.25, -0.2) is 4.79 Å². The van der Waals surface area contributed by atoms with Gasteiger partial charge in [-0.3, -0.25) is 9.59 Å². The fourth-order valence-corrected chi connectivity index (χ4v) is 4.26. The second-order valence-electron chi connectivity index (χ2n) is 10.2. The summed E-state index contributed by atoms with van der Waals surface area (Å²) >= 11 is 4.34. The normalized spacial score (nSPS) is 16.6. The van der Waals surface area contributed by atoms with Gasteiger partial charge in [-0.2, -0.15) is 12.6 Å². The standard InChI is InChI=1S/C26H41N3O4S/c1-7-9-18(3)27-23(30)22(19-14-12-17(2)13-15-19)29(20-10-8-11-20)24(31)21(16-34)28-25(32)33-26(4,5)6/h12-15,18,20-22,34H,7-11,16H2,1-6H3,(H,27,30)(H,28,32). The number of carbonyl (C=O) groups is 3. The summed E-state index contributed by atoms with van der Waals surface area (Å²) < 4.78 is 5.35. The summed E-state index contributed by atoms with van der Waals surface area (Å²) in [5.74, 6) is -0.440. The Morgan fingerprint density at radius 1 is 1.15 bits per heavy atom. The fourth-order valence-electron chi connectivity index (χ4n) is 4.01. The van der Waals surface area contributed by atoms with Crippen LogP contribution in [0, 0.1) is 6.92 Å². The van der Waals surface area contributed by atoms with E-state index in [0.717, 1.165) is 43.2 Å². The third kappa shape index (κ3) is 7.93. The summed E-state index contributed by atoms with van der Waals surface area (Å²) in [5.41, 5.74) is 1.13. The van der Waals surface area contributed by atoms with Gasteiger partial charge in [0.1, 0.15) is 17.7 Å². The molecular formula is C26H41N3O4S. The SMILES string of the molecule is CCCC(C)NC(=O)C(c1ccc(C)cc1)N(C(=O)C(CS)NC(=O)OC(C)(C)C)C1CCC1. The third-order valence-corrected chi connectivity index (χ3v) is 6.29. The van der Waals surface area contributed by atoms with Crippen LogP contribution >= 0.6 is 12.6 Å². The van der Waals surface area contributed by atoms with E-state index in [1.54, 1.807) is 25.7 Å². The molecule has 3 atom stereocenters. The predicted octanol–water partition coefficient (Wildman–Crippen LogP) is 4.55. The van der Waals surface area contributed by atoms with Crippen molar-refractivity contribution in [3.8, 4) is 0 Å². The van der Waals surface area contributed by atoms with E-state index in [4.69, 9.17) is 4.74 Å². The Kier molecular flexibility index (Phi) is 10.3. The van der Waals surface area contributed by atoms with Gasteiger partial charge in [0.2, 0.25) is 11.8 Å². The molecule has 0 saturated heterocycles. The molecule has 34 heavy (non-hydrogen) atoms. The van der Waals surface area contributed by atoms with Crippen LogP contribution in [0.4, 0.5) is 4.79 Å². The molecule has 1 aliphatic carbocycles. The Morgan fingerprint density at radius 3 is 2.24 bits per heavy atom. The first kappa shape index (κ1) is 28.0. The van der Waals surface area contributed by atoms with Gasteiger partial charge in [-0.05, 0) is 65.9 Å². The maximum atomic E-state index is 13.8. The van der Waals surface area contributed by atoms with Crippen molar-refractivity contribution in [3.05, 3.63) is 35.4 Å². The minimum Gasteiger partial charge on any atom is -0.444 e. The lowest BCUT2D eigenvalue weighted by molar-refractivity contribution is -0.147. The highest BCUT2D eigenvalue weighted by atomic mass is 32.1. The average Bonchev–Trinajstić information content (AvgIpc) is 2.69. The maximum absolute atomic E-state index is 13.8. The molecular weight excluding hydrogens is 450 g/mol.